The first kappa shape index (κ1) is 7.23. The molecule has 0 atom stereocenters. The number of fused-ring (bicyclic) bond motifs is 3. The fourth-order valence-electron chi connectivity index (χ4n) is 2.42. The van der Waals surface area contributed by atoms with Gasteiger partial charge in [0, 0.05) is 34.7 Å². The topological polar surface area (TPSA) is 17.3 Å². The Morgan fingerprint density at radius 1 is 1.00 bits per heavy atom. The van der Waals surface area contributed by atoms with Crippen LogP contribution >= 0.6 is 0 Å². The third kappa shape index (κ3) is 0.734. The Kier molecular flexibility index (Phi) is 1.10. The van der Waals surface area contributed by atoms with E-state index in [1.54, 1.807) is 0 Å². The molecule has 0 aliphatic heterocycles. The number of nitrogens with zero attached hydrogens (tertiary/aromatic N) is 2. The molecule has 0 unspecified atom stereocenters. The highest BCUT2D eigenvalue weighted by Crippen LogP contribution is 2.31. The van der Waals surface area contributed by atoms with Crippen molar-refractivity contribution in [1.29, 1.82) is 0 Å². The van der Waals surface area contributed by atoms with Gasteiger partial charge < -0.3 is 4.40 Å². The number of hydrogen-bond donors (Lipinski definition) is 0. The summed E-state index contributed by atoms with van der Waals surface area (Å²) in [6.07, 6.45) is 5.91. The number of para-hydroxylation sites is 1. The van der Waals surface area contributed by atoms with Crippen molar-refractivity contribution in [3.8, 4) is 0 Å². The second-order valence-corrected chi connectivity index (χ2v) is 3.82. The van der Waals surface area contributed by atoms with Crippen molar-refractivity contribution in [3.63, 3.8) is 0 Å². The van der Waals surface area contributed by atoms with E-state index in [1.165, 1.54) is 27.2 Å². The van der Waals surface area contributed by atoms with Crippen molar-refractivity contribution in [2.75, 3.05) is 0 Å². The smallest absolute Gasteiger partial charge is 0.0608 e. The van der Waals surface area contributed by atoms with Crippen LogP contribution in [0.25, 0.3) is 27.2 Å². The predicted octanol–water partition coefficient (Wildman–Crippen LogP) is 3.08. The molecular weight excluding hydrogens is 184 g/mol. The molecule has 0 saturated carbocycles. The SMILES string of the molecule is c1cc2ccn3c4ccncc4c(c1)c23. The molecule has 0 spiro atoms. The van der Waals surface area contributed by atoms with Gasteiger partial charge in [-0.15, -0.1) is 0 Å². The Morgan fingerprint density at radius 2 is 2.00 bits per heavy atom. The third-order valence-corrected chi connectivity index (χ3v) is 3.06. The molecule has 0 N–H and O–H groups in total. The van der Waals surface area contributed by atoms with E-state index in [-0.39, 0.29) is 0 Å². The van der Waals surface area contributed by atoms with Crippen LogP contribution < -0.4 is 0 Å². The summed E-state index contributed by atoms with van der Waals surface area (Å²) in [6.45, 7) is 0. The maximum absolute atomic E-state index is 4.19. The predicted molar refractivity (Wildman–Crippen MR) is 61.4 cm³/mol. The molecule has 0 amide bonds. The van der Waals surface area contributed by atoms with Crippen LogP contribution in [-0.4, -0.2) is 9.38 Å². The summed E-state index contributed by atoms with van der Waals surface area (Å²) < 4.78 is 2.24. The molecule has 0 fully saturated rings. The Balaban J connectivity index is 2.53. The van der Waals surface area contributed by atoms with Gasteiger partial charge in [0.05, 0.1) is 11.0 Å². The van der Waals surface area contributed by atoms with E-state index in [4.69, 9.17) is 0 Å². The standard InChI is InChI=1S/C13H8N2/c1-2-9-5-7-15-12-4-6-14-8-11(12)10(3-1)13(9)15/h1-8H. The van der Waals surface area contributed by atoms with E-state index in [1.807, 2.05) is 12.4 Å². The van der Waals surface area contributed by atoms with Gasteiger partial charge in [0.25, 0.3) is 0 Å². The Labute approximate surface area is 86.1 Å². The van der Waals surface area contributed by atoms with Crippen LogP contribution in [0, 0.1) is 0 Å². The first-order chi connectivity index (χ1) is 7.45. The number of rotatable bonds is 0. The van der Waals surface area contributed by atoms with Gasteiger partial charge in [0.2, 0.25) is 0 Å². The second kappa shape index (κ2) is 2.28. The lowest BCUT2D eigenvalue weighted by molar-refractivity contribution is 1.28. The zero-order chi connectivity index (χ0) is 9.83. The van der Waals surface area contributed by atoms with Gasteiger partial charge in [-0.3, -0.25) is 4.98 Å². The van der Waals surface area contributed by atoms with Crippen LogP contribution in [0.15, 0.2) is 48.9 Å². The van der Waals surface area contributed by atoms with Crippen molar-refractivity contribution in [2.24, 2.45) is 0 Å². The van der Waals surface area contributed by atoms with Crippen LogP contribution in [0.5, 0.6) is 0 Å². The lowest BCUT2D eigenvalue weighted by Crippen LogP contribution is -1.75. The van der Waals surface area contributed by atoms with Crippen molar-refractivity contribution >= 4 is 27.2 Å². The molecule has 70 valence electrons. The van der Waals surface area contributed by atoms with E-state index in [9.17, 15) is 0 Å². The minimum absolute atomic E-state index is 1.23. The van der Waals surface area contributed by atoms with Gasteiger partial charge in [0.15, 0.2) is 0 Å². The van der Waals surface area contributed by atoms with Crippen LogP contribution in [0.1, 0.15) is 0 Å². The summed E-state index contributed by atoms with van der Waals surface area (Å²) in [5, 5.41) is 3.82. The molecule has 0 saturated heterocycles. The van der Waals surface area contributed by atoms with Crippen LogP contribution in [-0.2, 0) is 0 Å². The highest BCUT2D eigenvalue weighted by molar-refractivity contribution is 6.13. The van der Waals surface area contributed by atoms with Crippen LogP contribution in [0.2, 0.25) is 0 Å². The normalized spacial score (nSPS) is 12.0. The molecule has 1 aromatic carbocycles. The Hall–Kier alpha value is -2.09. The summed E-state index contributed by atoms with van der Waals surface area (Å²) in [4.78, 5) is 4.19. The maximum atomic E-state index is 4.19. The monoisotopic (exact) mass is 192 g/mol. The number of hydrogen-bond acceptors (Lipinski definition) is 1. The molecule has 0 aliphatic carbocycles. The molecule has 4 aromatic rings. The summed E-state index contributed by atoms with van der Waals surface area (Å²) in [6, 6.07) is 10.6. The fraction of sp³-hybridized carbons (Fsp3) is 0. The molecule has 0 bridgehead atoms. The molecule has 2 heteroatoms. The highest BCUT2D eigenvalue weighted by atomic mass is 14.9. The van der Waals surface area contributed by atoms with Crippen molar-refractivity contribution < 1.29 is 0 Å². The average Bonchev–Trinajstić information content (AvgIpc) is 2.85. The Morgan fingerprint density at radius 3 is 3.00 bits per heavy atom. The summed E-state index contributed by atoms with van der Waals surface area (Å²) >= 11 is 0. The lowest BCUT2D eigenvalue weighted by atomic mass is 10.1. The molecule has 0 radical (unpaired) electrons. The quantitative estimate of drug-likeness (QED) is 0.418. The van der Waals surface area contributed by atoms with E-state index >= 15 is 0 Å². The van der Waals surface area contributed by atoms with E-state index in [0.29, 0.717) is 0 Å². The van der Waals surface area contributed by atoms with Gasteiger partial charge in [-0.25, -0.2) is 0 Å². The fourth-order valence-corrected chi connectivity index (χ4v) is 2.42. The van der Waals surface area contributed by atoms with Gasteiger partial charge in [-0.05, 0) is 12.1 Å². The zero-order valence-corrected chi connectivity index (χ0v) is 8.01. The van der Waals surface area contributed by atoms with E-state index < -0.39 is 0 Å². The number of aromatic nitrogens is 2. The van der Waals surface area contributed by atoms with Gasteiger partial charge in [-0.2, -0.15) is 0 Å². The number of benzene rings is 1. The summed E-state index contributed by atoms with van der Waals surface area (Å²) in [5.74, 6) is 0. The Bertz CT molecular complexity index is 745. The first-order valence-electron chi connectivity index (χ1n) is 5.00. The third-order valence-electron chi connectivity index (χ3n) is 3.06. The van der Waals surface area contributed by atoms with Gasteiger partial charge >= 0.3 is 0 Å². The zero-order valence-electron chi connectivity index (χ0n) is 8.01. The lowest BCUT2D eigenvalue weighted by Gasteiger charge is -1.89. The van der Waals surface area contributed by atoms with Gasteiger partial charge in [-0.1, -0.05) is 18.2 Å². The largest absolute Gasteiger partial charge is 0.315 e. The summed E-state index contributed by atoms with van der Waals surface area (Å²) in [7, 11) is 0. The van der Waals surface area contributed by atoms with Crippen molar-refractivity contribution in [3.05, 3.63) is 48.9 Å². The number of pyridine rings is 1. The minimum Gasteiger partial charge on any atom is -0.315 e. The molecule has 4 rings (SSSR count). The van der Waals surface area contributed by atoms with Gasteiger partial charge in [0.1, 0.15) is 0 Å². The molecule has 3 aromatic heterocycles. The average molecular weight is 192 g/mol. The molecule has 2 nitrogen and oxygen atoms in total. The highest BCUT2D eigenvalue weighted by Gasteiger charge is 2.10. The molecule has 3 heterocycles. The molecular formula is C13H8N2. The second-order valence-electron chi connectivity index (χ2n) is 3.82. The minimum atomic E-state index is 1.23. The molecule has 15 heavy (non-hydrogen) atoms. The summed E-state index contributed by atoms with van der Waals surface area (Å²) in [5.41, 5.74) is 2.54. The van der Waals surface area contributed by atoms with Crippen molar-refractivity contribution in [1.82, 2.24) is 9.38 Å². The van der Waals surface area contributed by atoms with Crippen LogP contribution in [0.3, 0.4) is 0 Å². The maximum Gasteiger partial charge on any atom is 0.0608 e. The van der Waals surface area contributed by atoms with Crippen molar-refractivity contribution in [2.45, 2.75) is 0 Å². The van der Waals surface area contributed by atoms with Crippen LogP contribution in [0.4, 0.5) is 0 Å². The first-order valence-corrected chi connectivity index (χ1v) is 5.00. The van der Waals surface area contributed by atoms with E-state index in [2.05, 4.69) is 45.9 Å². The molecule has 0 aliphatic rings. The van der Waals surface area contributed by atoms with E-state index in [0.717, 1.165) is 0 Å².